The van der Waals surface area contributed by atoms with Crippen LogP contribution in [0.3, 0.4) is 0 Å². The molecular formula is C11H16ClN3O. The molecule has 16 heavy (non-hydrogen) atoms. The van der Waals surface area contributed by atoms with Crippen molar-refractivity contribution >= 4 is 17.4 Å². The molecule has 0 saturated carbocycles. The first-order valence-electron chi connectivity index (χ1n) is 5.46. The van der Waals surface area contributed by atoms with Gasteiger partial charge in [0.15, 0.2) is 0 Å². The summed E-state index contributed by atoms with van der Waals surface area (Å²) in [5.41, 5.74) is 0.805. The van der Waals surface area contributed by atoms with E-state index in [9.17, 15) is 0 Å². The molecule has 0 aliphatic carbocycles. The van der Waals surface area contributed by atoms with E-state index in [1.165, 1.54) is 0 Å². The van der Waals surface area contributed by atoms with Crippen molar-refractivity contribution in [3.63, 3.8) is 0 Å². The van der Waals surface area contributed by atoms with Crippen molar-refractivity contribution in [3.8, 4) is 0 Å². The van der Waals surface area contributed by atoms with E-state index >= 15 is 0 Å². The van der Waals surface area contributed by atoms with E-state index < -0.39 is 0 Å². The lowest BCUT2D eigenvalue weighted by Crippen LogP contribution is -2.47. The molecule has 2 rings (SSSR count). The minimum atomic E-state index is 0.241. The van der Waals surface area contributed by atoms with Crippen molar-refractivity contribution in [1.29, 1.82) is 0 Å². The highest BCUT2D eigenvalue weighted by Gasteiger charge is 2.24. The number of rotatable bonds is 2. The maximum atomic E-state index is 5.68. The van der Waals surface area contributed by atoms with Gasteiger partial charge in [-0.2, -0.15) is 0 Å². The number of hydrogen-bond acceptors (Lipinski definition) is 4. The van der Waals surface area contributed by atoms with Gasteiger partial charge in [0, 0.05) is 6.54 Å². The zero-order chi connectivity index (χ0) is 11.5. The van der Waals surface area contributed by atoms with Crippen molar-refractivity contribution in [1.82, 2.24) is 9.97 Å². The predicted molar refractivity (Wildman–Crippen MR) is 63.8 cm³/mol. The summed E-state index contributed by atoms with van der Waals surface area (Å²) in [6.07, 6.45) is 3.76. The average Bonchev–Trinajstić information content (AvgIpc) is 2.32. The second-order valence-corrected chi connectivity index (χ2v) is 4.41. The fourth-order valence-corrected chi connectivity index (χ4v) is 1.93. The molecule has 2 unspecified atom stereocenters. The lowest BCUT2D eigenvalue weighted by atomic mass is 10.2. The van der Waals surface area contributed by atoms with E-state index in [0.717, 1.165) is 24.7 Å². The third-order valence-corrected chi connectivity index (χ3v) is 3.00. The Morgan fingerprint density at radius 2 is 2.25 bits per heavy atom. The molecule has 5 heteroatoms. The molecule has 1 aromatic rings. The molecule has 1 saturated heterocycles. The maximum Gasteiger partial charge on any atom is 0.147 e. The largest absolute Gasteiger partial charge is 0.375 e. The van der Waals surface area contributed by atoms with Crippen LogP contribution < -0.4 is 4.90 Å². The number of morpholine rings is 1. The zero-order valence-corrected chi connectivity index (χ0v) is 10.3. The van der Waals surface area contributed by atoms with Crippen molar-refractivity contribution in [3.05, 3.63) is 18.1 Å². The van der Waals surface area contributed by atoms with E-state index in [-0.39, 0.29) is 6.10 Å². The second-order valence-electron chi connectivity index (χ2n) is 4.14. The SMILES string of the molecule is CC1CN(c2cnc(CCl)cn2)C(C)CO1. The van der Waals surface area contributed by atoms with Crippen LogP contribution in [0, 0.1) is 0 Å². The summed E-state index contributed by atoms with van der Waals surface area (Å²) < 4.78 is 5.58. The van der Waals surface area contributed by atoms with Gasteiger partial charge in [-0.15, -0.1) is 11.6 Å². The lowest BCUT2D eigenvalue weighted by Gasteiger charge is -2.37. The molecule has 1 aliphatic heterocycles. The molecular weight excluding hydrogens is 226 g/mol. The van der Waals surface area contributed by atoms with Crippen LogP contribution in [-0.4, -0.2) is 35.3 Å². The number of anilines is 1. The maximum absolute atomic E-state index is 5.68. The number of ether oxygens (including phenoxy) is 1. The molecule has 2 atom stereocenters. The topological polar surface area (TPSA) is 38.2 Å². The van der Waals surface area contributed by atoms with Crippen LogP contribution in [0.15, 0.2) is 12.4 Å². The highest BCUT2D eigenvalue weighted by atomic mass is 35.5. The fraction of sp³-hybridized carbons (Fsp3) is 0.636. The molecule has 2 heterocycles. The van der Waals surface area contributed by atoms with Gasteiger partial charge in [0.1, 0.15) is 5.82 Å². The third kappa shape index (κ3) is 2.44. The van der Waals surface area contributed by atoms with Gasteiger partial charge in [0.25, 0.3) is 0 Å². The first kappa shape index (κ1) is 11.6. The normalized spacial score (nSPS) is 25.8. The number of aromatic nitrogens is 2. The highest BCUT2D eigenvalue weighted by molar-refractivity contribution is 6.16. The van der Waals surface area contributed by atoms with Gasteiger partial charge in [-0.05, 0) is 13.8 Å². The highest BCUT2D eigenvalue weighted by Crippen LogP contribution is 2.18. The number of hydrogen-bond donors (Lipinski definition) is 0. The van der Waals surface area contributed by atoms with Crippen LogP contribution in [0.1, 0.15) is 19.5 Å². The van der Waals surface area contributed by atoms with E-state index in [2.05, 4.69) is 28.7 Å². The standard InChI is InChI=1S/C11H16ClN3O/c1-8-7-16-9(2)6-15(8)11-5-13-10(3-12)4-14-11/h4-5,8-9H,3,6-7H2,1-2H3. The summed E-state index contributed by atoms with van der Waals surface area (Å²) in [6, 6.07) is 0.340. The van der Waals surface area contributed by atoms with Crippen molar-refractivity contribution < 1.29 is 4.74 Å². The van der Waals surface area contributed by atoms with Gasteiger partial charge in [-0.3, -0.25) is 4.98 Å². The van der Waals surface area contributed by atoms with Crippen LogP contribution in [0.25, 0.3) is 0 Å². The number of nitrogens with zero attached hydrogens (tertiary/aromatic N) is 3. The molecule has 0 aromatic carbocycles. The molecule has 88 valence electrons. The smallest absolute Gasteiger partial charge is 0.147 e. The summed E-state index contributed by atoms with van der Waals surface area (Å²) >= 11 is 5.68. The molecule has 0 amide bonds. The van der Waals surface area contributed by atoms with Crippen LogP contribution in [0.2, 0.25) is 0 Å². The van der Waals surface area contributed by atoms with Crippen LogP contribution in [-0.2, 0) is 10.6 Å². The molecule has 1 fully saturated rings. The number of halogens is 1. The van der Waals surface area contributed by atoms with E-state index in [4.69, 9.17) is 16.3 Å². The van der Waals surface area contributed by atoms with Gasteiger partial charge >= 0.3 is 0 Å². The molecule has 0 spiro atoms. The Balaban J connectivity index is 2.15. The van der Waals surface area contributed by atoms with E-state index in [1.54, 1.807) is 12.4 Å². The van der Waals surface area contributed by atoms with E-state index in [0.29, 0.717) is 11.9 Å². The molecule has 4 nitrogen and oxygen atoms in total. The number of alkyl halides is 1. The Bertz CT molecular complexity index is 344. The lowest BCUT2D eigenvalue weighted by molar-refractivity contribution is 0.0340. The summed E-state index contributed by atoms with van der Waals surface area (Å²) in [5, 5.41) is 0. The Hall–Kier alpha value is -0.870. The second kappa shape index (κ2) is 4.97. The molecule has 0 bridgehead atoms. The van der Waals surface area contributed by atoms with Gasteiger partial charge in [0.05, 0.1) is 42.7 Å². The molecule has 1 aliphatic rings. The third-order valence-electron chi connectivity index (χ3n) is 2.73. The molecule has 0 radical (unpaired) electrons. The van der Waals surface area contributed by atoms with E-state index in [1.807, 2.05) is 0 Å². The summed E-state index contributed by atoms with van der Waals surface area (Å²) in [6.45, 7) is 5.79. The molecule has 1 aromatic heterocycles. The Kier molecular flexibility index (Phi) is 3.61. The van der Waals surface area contributed by atoms with Crippen molar-refractivity contribution in [2.24, 2.45) is 0 Å². The minimum absolute atomic E-state index is 0.241. The van der Waals surface area contributed by atoms with Crippen LogP contribution in [0.4, 0.5) is 5.82 Å². The Morgan fingerprint density at radius 1 is 1.44 bits per heavy atom. The monoisotopic (exact) mass is 241 g/mol. The van der Waals surface area contributed by atoms with Gasteiger partial charge in [-0.25, -0.2) is 4.98 Å². The predicted octanol–water partition coefficient (Wildman–Crippen LogP) is 1.83. The average molecular weight is 242 g/mol. The first-order chi connectivity index (χ1) is 7.70. The summed E-state index contributed by atoms with van der Waals surface area (Å²) in [4.78, 5) is 10.9. The Labute approximate surface area is 101 Å². The minimum Gasteiger partial charge on any atom is -0.375 e. The first-order valence-corrected chi connectivity index (χ1v) is 5.99. The van der Waals surface area contributed by atoms with Crippen molar-refractivity contribution in [2.45, 2.75) is 31.9 Å². The van der Waals surface area contributed by atoms with Crippen LogP contribution >= 0.6 is 11.6 Å². The van der Waals surface area contributed by atoms with Crippen LogP contribution in [0.5, 0.6) is 0 Å². The fourth-order valence-electron chi connectivity index (χ4n) is 1.79. The Morgan fingerprint density at radius 3 is 2.88 bits per heavy atom. The van der Waals surface area contributed by atoms with Gasteiger partial charge < -0.3 is 9.64 Å². The molecule has 0 N–H and O–H groups in total. The van der Waals surface area contributed by atoms with Gasteiger partial charge in [0.2, 0.25) is 0 Å². The van der Waals surface area contributed by atoms with Crippen molar-refractivity contribution in [2.75, 3.05) is 18.1 Å². The summed E-state index contributed by atoms with van der Waals surface area (Å²) in [5.74, 6) is 1.30. The quantitative estimate of drug-likeness (QED) is 0.741. The van der Waals surface area contributed by atoms with Gasteiger partial charge in [-0.1, -0.05) is 0 Å². The zero-order valence-electron chi connectivity index (χ0n) is 9.56. The summed E-state index contributed by atoms with van der Waals surface area (Å²) in [7, 11) is 0.